The third-order valence-electron chi connectivity index (χ3n) is 6.34. The highest BCUT2D eigenvalue weighted by molar-refractivity contribution is 5.95. The maximum atomic E-state index is 13.4. The van der Waals surface area contributed by atoms with Crippen molar-refractivity contribution in [1.82, 2.24) is 14.9 Å². The molecule has 7 heteroatoms. The van der Waals surface area contributed by atoms with Crippen LogP contribution in [0.25, 0.3) is 0 Å². The Morgan fingerprint density at radius 2 is 1.73 bits per heavy atom. The minimum absolute atomic E-state index is 0.00779. The van der Waals surface area contributed by atoms with Crippen LogP contribution in [0.4, 0.5) is 10.3 Å². The van der Waals surface area contributed by atoms with Crippen LogP contribution in [0.5, 0.6) is 11.6 Å². The Hall–Kier alpha value is -3.48. The van der Waals surface area contributed by atoms with Crippen LogP contribution >= 0.6 is 0 Å². The van der Waals surface area contributed by atoms with Gasteiger partial charge < -0.3 is 14.5 Å². The Morgan fingerprint density at radius 1 is 0.970 bits per heavy atom. The highest BCUT2D eigenvalue weighted by atomic mass is 19.1. The molecular formula is C26H27FN4O2. The molecule has 2 aromatic carbocycles. The summed E-state index contributed by atoms with van der Waals surface area (Å²) in [5.41, 5.74) is 3.38. The third-order valence-corrected chi connectivity index (χ3v) is 6.34. The number of hydrogen-bond donors (Lipinski definition) is 0. The van der Waals surface area contributed by atoms with Crippen molar-refractivity contribution in [2.24, 2.45) is 0 Å². The van der Waals surface area contributed by atoms with E-state index in [0.29, 0.717) is 42.7 Å². The highest BCUT2D eigenvalue weighted by Crippen LogP contribution is 2.32. The monoisotopic (exact) mass is 446 g/mol. The van der Waals surface area contributed by atoms with Crippen LogP contribution in [0, 0.1) is 12.7 Å². The van der Waals surface area contributed by atoms with E-state index in [1.165, 1.54) is 18.6 Å². The number of hydrogen-bond acceptors (Lipinski definition) is 5. The van der Waals surface area contributed by atoms with E-state index in [0.717, 1.165) is 42.8 Å². The number of anilines is 1. The number of ether oxygens (including phenoxy) is 1. The van der Waals surface area contributed by atoms with Crippen molar-refractivity contribution in [3.05, 3.63) is 76.7 Å². The number of aryl methyl sites for hydroxylation is 1. The smallest absolute Gasteiger partial charge is 0.254 e. The first-order valence-corrected chi connectivity index (χ1v) is 11.5. The predicted octanol–water partition coefficient (Wildman–Crippen LogP) is 4.91. The molecule has 0 bridgehead atoms. The molecule has 1 saturated heterocycles. The third kappa shape index (κ3) is 4.53. The lowest BCUT2D eigenvalue weighted by Crippen LogP contribution is -2.38. The zero-order valence-electron chi connectivity index (χ0n) is 18.8. The van der Waals surface area contributed by atoms with Gasteiger partial charge in [0.1, 0.15) is 11.6 Å². The zero-order chi connectivity index (χ0) is 22.8. The second-order valence-corrected chi connectivity index (χ2v) is 8.65. The van der Waals surface area contributed by atoms with Crippen LogP contribution < -0.4 is 9.64 Å². The first kappa shape index (κ1) is 21.4. The number of halogens is 1. The molecule has 170 valence electrons. The lowest BCUT2D eigenvalue weighted by Gasteiger charge is -2.32. The summed E-state index contributed by atoms with van der Waals surface area (Å²) in [5.74, 6) is 1.28. The van der Waals surface area contributed by atoms with Crippen molar-refractivity contribution >= 4 is 11.9 Å². The maximum Gasteiger partial charge on any atom is 0.254 e. The molecule has 0 spiro atoms. The van der Waals surface area contributed by atoms with Crippen molar-refractivity contribution in [2.75, 3.05) is 24.5 Å². The lowest BCUT2D eigenvalue weighted by molar-refractivity contribution is 0.0731. The fourth-order valence-corrected chi connectivity index (χ4v) is 4.46. The van der Waals surface area contributed by atoms with Gasteiger partial charge in [-0.2, -0.15) is 4.98 Å². The molecule has 2 aliphatic rings. The van der Waals surface area contributed by atoms with Crippen LogP contribution in [0.3, 0.4) is 0 Å². The number of amides is 1. The molecular weight excluding hydrogens is 419 g/mol. The van der Waals surface area contributed by atoms with Gasteiger partial charge in [0.25, 0.3) is 5.91 Å². The van der Waals surface area contributed by atoms with Crippen LogP contribution in [-0.2, 0) is 13.0 Å². The topological polar surface area (TPSA) is 58.6 Å². The summed E-state index contributed by atoms with van der Waals surface area (Å²) in [6.45, 7) is 4.76. The SMILES string of the molecule is Cc1ccccc1C(=O)N1CCc2nc(N3CCCCC3)nc(Oc3ccc(F)cc3)c2C1. The molecule has 0 saturated carbocycles. The summed E-state index contributed by atoms with van der Waals surface area (Å²) >= 11 is 0. The Labute approximate surface area is 193 Å². The molecule has 33 heavy (non-hydrogen) atoms. The highest BCUT2D eigenvalue weighted by Gasteiger charge is 2.29. The quantitative estimate of drug-likeness (QED) is 0.570. The summed E-state index contributed by atoms with van der Waals surface area (Å²) < 4.78 is 19.5. The van der Waals surface area contributed by atoms with Gasteiger partial charge in [0.05, 0.1) is 17.8 Å². The van der Waals surface area contributed by atoms with Crippen LogP contribution in [0.15, 0.2) is 48.5 Å². The molecule has 3 heterocycles. The second kappa shape index (κ2) is 9.17. The van der Waals surface area contributed by atoms with E-state index >= 15 is 0 Å². The molecule has 0 unspecified atom stereocenters. The van der Waals surface area contributed by atoms with Gasteiger partial charge in [0, 0.05) is 31.6 Å². The van der Waals surface area contributed by atoms with Gasteiger partial charge in [-0.05, 0) is 62.1 Å². The number of aromatic nitrogens is 2. The molecule has 0 aliphatic carbocycles. The van der Waals surface area contributed by atoms with E-state index in [2.05, 4.69) is 4.90 Å². The Balaban J connectivity index is 1.49. The van der Waals surface area contributed by atoms with Gasteiger partial charge in [0.2, 0.25) is 11.8 Å². The van der Waals surface area contributed by atoms with Crippen molar-refractivity contribution in [2.45, 2.75) is 39.2 Å². The largest absolute Gasteiger partial charge is 0.438 e. The number of carbonyl (C=O) groups excluding carboxylic acids is 1. The number of rotatable bonds is 4. The molecule has 0 N–H and O–H groups in total. The standard InChI is InChI=1S/C26H27FN4O2/c1-18-7-3-4-8-21(18)25(32)31-16-13-23-22(17-31)24(33-20-11-9-19(27)10-12-20)29-26(28-23)30-14-5-2-6-15-30/h3-4,7-12H,2,5-6,13-17H2,1H3. The fraction of sp³-hybridized carbons (Fsp3) is 0.346. The van der Waals surface area contributed by atoms with E-state index in [-0.39, 0.29) is 11.7 Å². The molecule has 1 amide bonds. The molecule has 0 radical (unpaired) electrons. The van der Waals surface area contributed by atoms with Gasteiger partial charge in [-0.25, -0.2) is 9.37 Å². The molecule has 1 fully saturated rings. The first-order chi connectivity index (χ1) is 16.1. The minimum Gasteiger partial charge on any atom is -0.438 e. The maximum absolute atomic E-state index is 13.4. The molecule has 1 aromatic heterocycles. The van der Waals surface area contributed by atoms with Crippen LogP contribution in [-0.4, -0.2) is 40.4 Å². The summed E-state index contributed by atoms with van der Waals surface area (Å²) in [5, 5.41) is 0. The van der Waals surface area contributed by atoms with Crippen molar-refractivity contribution in [1.29, 1.82) is 0 Å². The van der Waals surface area contributed by atoms with E-state index in [1.54, 1.807) is 12.1 Å². The summed E-state index contributed by atoms with van der Waals surface area (Å²) in [7, 11) is 0. The van der Waals surface area contributed by atoms with E-state index in [4.69, 9.17) is 14.7 Å². The molecule has 5 rings (SSSR count). The Kier molecular flexibility index (Phi) is 5.94. The summed E-state index contributed by atoms with van der Waals surface area (Å²) in [4.78, 5) is 26.9. The van der Waals surface area contributed by atoms with Crippen molar-refractivity contribution in [3.63, 3.8) is 0 Å². The zero-order valence-corrected chi connectivity index (χ0v) is 18.8. The van der Waals surface area contributed by atoms with Gasteiger partial charge >= 0.3 is 0 Å². The van der Waals surface area contributed by atoms with E-state index < -0.39 is 0 Å². The number of benzene rings is 2. The van der Waals surface area contributed by atoms with Crippen molar-refractivity contribution < 1.29 is 13.9 Å². The van der Waals surface area contributed by atoms with E-state index in [1.807, 2.05) is 36.1 Å². The minimum atomic E-state index is -0.323. The molecule has 3 aromatic rings. The predicted molar refractivity (Wildman–Crippen MR) is 124 cm³/mol. The first-order valence-electron chi connectivity index (χ1n) is 11.5. The molecule has 0 atom stereocenters. The molecule has 2 aliphatic heterocycles. The summed E-state index contributed by atoms with van der Waals surface area (Å²) in [6, 6.07) is 13.5. The number of carbonyl (C=O) groups is 1. The lowest BCUT2D eigenvalue weighted by atomic mass is 10.0. The van der Waals surface area contributed by atoms with Gasteiger partial charge in [0.15, 0.2) is 0 Å². The number of fused-ring (bicyclic) bond motifs is 1. The number of piperidine rings is 1. The van der Waals surface area contributed by atoms with Gasteiger partial charge in [-0.3, -0.25) is 4.79 Å². The Morgan fingerprint density at radius 3 is 2.48 bits per heavy atom. The van der Waals surface area contributed by atoms with E-state index in [9.17, 15) is 9.18 Å². The molecule has 6 nitrogen and oxygen atoms in total. The number of nitrogens with zero attached hydrogens (tertiary/aromatic N) is 4. The second-order valence-electron chi connectivity index (χ2n) is 8.65. The Bertz CT molecular complexity index is 1160. The average Bonchev–Trinajstić information content (AvgIpc) is 2.85. The van der Waals surface area contributed by atoms with Crippen molar-refractivity contribution in [3.8, 4) is 11.6 Å². The average molecular weight is 447 g/mol. The van der Waals surface area contributed by atoms with Gasteiger partial charge in [-0.15, -0.1) is 0 Å². The summed E-state index contributed by atoms with van der Waals surface area (Å²) in [6.07, 6.45) is 4.09. The fourth-order valence-electron chi connectivity index (χ4n) is 4.46. The normalized spacial score (nSPS) is 15.8. The van der Waals surface area contributed by atoms with Crippen LogP contribution in [0.1, 0.15) is 46.4 Å². The van der Waals surface area contributed by atoms with Crippen LogP contribution in [0.2, 0.25) is 0 Å². The van der Waals surface area contributed by atoms with Gasteiger partial charge in [-0.1, -0.05) is 18.2 Å².